The summed E-state index contributed by atoms with van der Waals surface area (Å²) in [7, 11) is 0. The van der Waals surface area contributed by atoms with E-state index in [-0.39, 0.29) is 25.0 Å². The number of amides is 2. The molecule has 0 aromatic heterocycles. The van der Waals surface area contributed by atoms with E-state index < -0.39 is 6.23 Å². The van der Waals surface area contributed by atoms with Gasteiger partial charge in [-0.25, -0.2) is 4.79 Å². The van der Waals surface area contributed by atoms with Gasteiger partial charge in [-0.2, -0.15) is 0 Å². The van der Waals surface area contributed by atoms with Crippen LogP contribution in [0, 0.1) is 0 Å². The number of rotatable bonds is 2. The average molecular weight is 216 g/mol. The first-order valence-corrected chi connectivity index (χ1v) is 5.22. The van der Waals surface area contributed by atoms with Crippen molar-refractivity contribution in [3.05, 3.63) is 0 Å². The summed E-state index contributed by atoms with van der Waals surface area (Å²) < 4.78 is 5.49. The van der Waals surface area contributed by atoms with Crippen LogP contribution in [0.25, 0.3) is 0 Å². The van der Waals surface area contributed by atoms with Gasteiger partial charge in [0.1, 0.15) is 12.5 Å². The lowest BCUT2D eigenvalue weighted by Gasteiger charge is -2.34. The van der Waals surface area contributed by atoms with E-state index in [2.05, 4.69) is 5.32 Å². The van der Waals surface area contributed by atoms with Gasteiger partial charge < -0.3 is 20.3 Å². The Kier molecular flexibility index (Phi) is 3.08. The lowest BCUT2D eigenvalue weighted by atomic mass is 10.2. The Balaban J connectivity index is 1.91. The molecule has 2 amide bonds. The average Bonchev–Trinajstić information content (AvgIpc) is 2.66. The van der Waals surface area contributed by atoms with Gasteiger partial charge in [0.05, 0.1) is 12.7 Å². The van der Waals surface area contributed by atoms with Crippen LogP contribution in [0.5, 0.6) is 0 Å². The molecule has 0 saturated carbocycles. The Morgan fingerprint density at radius 3 is 2.87 bits per heavy atom. The summed E-state index contributed by atoms with van der Waals surface area (Å²) in [6.45, 7) is 0.490. The van der Waals surface area contributed by atoms with Gasteiger partial charge in [0, 0.05) is 13.0 Å². The van der Waals surface area contributed by atoms with E-state index in [4.69, 9.17) is 9.84 Å². The van der Waals surface area contributed by atoms with Gasteiger partial charge in [-0.05, 0) is 12.8 Å². The van der Waals surface area contributed by atoms with Gasteiger partial charge in [-0.15, -0.1) is 0 Å². The lowest BCUT2D eigenvalue weighted by molar-refractivity contribution is -0.0625. The molecule has 3 atom stereocenters. The van der Waals surface area contributed by atoms with Crippen molar-refractivity contribution in [3.8, 4) is 0 Å². The van der Waals surface area contributed by atoms with Gasteiger partial charge in [-0.3, -0.25) is 4.90 Å². The van der Waals surface area contributed by atoms with Crippen LogP contribution in [0.2, 0.25) is 0 Å². The van der Waals surface area contributed by atoms with Crippen molar-refractivity contribution >= 4 is 6.03 Å². The van der Waals surface area contributed by atoms with E-state index in [9.17, 15) is 9.90 Å². The van der Waals surface area contributed by atoms with Gasteiger partial charge in [-0.1, -0.05) is 0 Å². The topological polar surface area (TPSA) is 82.0 Å². The molecule has 2 aliphatic rings. The van der Waals surface area contributed by atoms with Gasteiger partial charge in [0.25, 0.3) is 0 Å². The molecule has 0 radical (unpaired) electrons. The monoisotopic (exact) mass is 216 g/mol. The van der Waals surface area contributed by atoms with Crippen LogP contribution in [0.4, 0.5) is 4.79 Å². The maximum atomic E-state index is 11.5. The first-order valence-electron chi connectivity index (χ1n) is 5.22. The van der Waals surface area contributed by atoms with Crippen molar-refractivity contribution in [2.24, 2.45) is 0 Å². The standard InChI is InChI=1S/C9H16N2O4/c12-5-6-1-2-8(15-6)11-4-3-7(13)10-9(11)14/h6-8,12-13H,1-5H2,(H,10,14). The molecule has 0 aromatic rings. The third-order valence-electron chi connectivity index (χ3n) is 2.83. The van der Waals surface area contributed by atoms with Crippen LogP contribution in [0.15, 0.2) is 0 Å². The molecule has 0 spiro atoms. The predicted octanol–water partition coefficient (Wildman–Crippen LogP) is -0.783. The normalized spacial score (nSPS) is 36.8. The summed E-state index contributed by atoms with van der Waals surface area (Å²) in [5.41, 5.74) is 0. The molecule has 2 saturated heterocycles. The Morgan fingerprint density at radius 1 is 1.47 bits per heavy atom. The van der Waals surface area contributed by atoms with E-state index in [1.807, 2.05) is 0 Å². The summed E-state index contributed by atoms with van der Waals surface area (Å²) >= 11 is 0. The summed E-state index contributed by atoms with van der Waals surface area (Å²) in [5.74, 6) is 0. The Hall–Kier alpha value is -0.850. The summed E-state index contributed by atoms with van der Waals surface area (Å²) in [6.07, 6.45) is 0.866. The minimum absolute atomic E-state index is 0.00537. The number of aliphatic hydroxyl groups excluding tert-OH is 2. The number of ether oxygens (including phenoxy) is 1. The van der Waals surface area contributed by atoms with Crippen molar-refractivity contribution in [3.63, 3.8) is 0 Å². The molecule has 3 unspecified atom stereocenters. The fourth-order valence-corrected chi connectivity index (χ4v) is 1.99. The highest BCUT2D eigenvalue weighted by molar-refractivity contribution is 5.75. The minimum Gasteiger partial charge on any atom is -0.394 e. The maximum absolute atomic E-state index is 11.5. The Labute approximate surface area is 87.8 Å². The van der Waals surface area contributed by atoms with E-state index in [1.54, 1.807) is 4.90 Å². The molecule has 2 fully saturated rings. The second-order valence-electron chi connectivity index (χ2n) is 3.92. The molecule has 15 heavy (non-hydrogen) atoms. The molecule has 2 heterocycles. The van der Waals surface area contributed by atoms with Crippen molar-refractivity contribution < 1.29 is 19.7 Å². The van der Waals surface area contributed by atoms with Gasteiger partial charge in [0.15, 0.2) is 0 Å². The number of urea groups is 1. The largest absolute Gasteiger partial charge is 0.394 e. The van der Waals surface area contributed by atoms with Crippen LogP contribution < -0.4 is 5.32 Å². The SMILES string of the molecule is O=C1NC(O)CCN1C1CCC(CO)O1. The zero-order chi connectivity index (χ0) is 10.8. The Morgan fingerprint density at radius 2 is 2.27 bits per heavy atom. The van der Waals surface area contributed by atoms with Crippen LogP contribution in [0.3, 0.4) is 0 Å². The molecule has 6 nitrogen and oxygen atoms in total. The fourth-order valence-electron chi connectivity index (χ4n) is 1.99. The number of carbonyl (C=O) groups is 1. The number of carbonyl (C=O) groups excluding carboxylic acids is 1. The Bertz CT molecular complexity index is 248. The zero-order valence-corrected chi connectivity index (χ0v) is 8.43. The molecule has 0 aromatic carbocycles. The summed E-state index contributed by atoms with van der Waals surface area (Å²) in [4.78, 5) is 13.1. The third kappa shape index (κ3) is 2.22. The van der Waals surface area contributed by atoms with E-state index >= 15 is 0 Å². The highest BCUT2D eigenvalue weighted by Crippen LogP contribution is 2.23. The first kappa shape index (κ1) is 10.7. The van der Waals surface area contributed by atoms with Crippen molar-refractivity contribution in [2.75, 3.05) is 13.2 Å². The number of hydrogen-bond donors (Lipinski definition) is 3. The van der Waals surface area contributed by atoms with Crippen LogP contribution >= 0.6 is 0 Å². The molecule has 6 heteroatoms. The van der Waals surface area contributed by atoms with Crippen LogP contribution in [0.1, 0.15) is 19.3 Å². The number of hydrogen-bond acceptors (Lipinski definition) is 4. The first-order chi connectivity index (χ1) is 7.20. The maximum Gasteiger partial charge on any atom is 0.321 e. The van der Waals surface area contributed by atoms with E-state index in [1.165, 1.54) is 0 Å². The van der Waals surface area contributed by atoms with Crippen LogP contribution in [-0.2, 0) is 4.74 Å². The van der Waals surface area contributed by atoms with Crippen molar-refractivity contribution in [1.29, 1.82) is 0 Å². The number of nitrogens with one attached hydrogen (secondary N) is 1. The molecular weight excluding hydrogens is 200 g/mol. The van der Waals surface area contributed by atoms with Gasteiger partial charge in [0.2, 0.25) is 0 Å². The highest BCUT2D eigenvalue weighted by atomic mass is 16.5. The second kappa shape index (κ2) is 4.34. The third-order valence-corrected chi connectivity index (χ3v) is 2.83. The predicted molar refractivity (Wildman–Crippen MR) is 50.8 cm³/mol. The molecule has 0 aliphatic carbocycles. The van der Waals surface area contributed by atoms with Crippen molar-refractivity contribution in [1.82, 2.24) is 10.2 Å². The molecule has 2 rings (SSSR count). The smallest absolute Gasteiger partial charge is 0.321 e. The quantitative estimate of drug-likeness (QED) is 0.565. The van der Waals surface area contributed by atoms with Crippen LogP contribution in [-0.4, -0.2) is 52.9 Å². The van der Waals surface area contributed by atoms with Crippen molar-refractivity contribution in [2.45, 2.75) is 37.8 Å². The molecule has 2 aliphatic heterocycles. The summed E-state index contributed by atoms with van der Waals surface area (Å²) in [6, 6.07) is -0.294. The number of aliphatic hydroxyl groups is 2. The molecular formula is C9H16N2O4. The fraction of sp³-hybridized carbons (Fsp3) is 0.889. The lowest BCUT2D eigenvalue weighted by Crippen LogP contribution is -2.55. The van der Waals surface area contributed by atoms with E-state index in [0.29, 0.717) is 13.0 Å². The summed E-state index contributed by atoms with van der Waals surface area (Å²) in [5, 5.41) is 20.5. The second-order valence-corrected chi connectivity index (χ2v) is 3.92. The molecule has 86 valence electrons. The van der Waals surface area contributed by atoms with Gasteiger partial charge >= 0.3 is 6.03 Å². The molecule has 0 bridgehead atoms. The molecule has 3 N–H and O–H groups in total. The highest BCUT2D eigenvalue weighted by Gasteiger charge is 2.35. The number of nitrogens with zero attached hydrogens (tertiary/aromatic N) is 1. The zero-order valence-electron chi connectivity index (χ0n) is 8.43. The van der Waals surface area contributed by atoms with E-state index in [0.717, 1.165) is 12.8 Å². The minimum atomic E-state index is -0.746.